The highest BCUT2D eigenvalue weighted by Gasteiger charge is 2.00. The molecule has 0 rings (SSSR count). The van der Waals surface area contributed by atoms with Crippen LogP contribution in [0.3, 0.4) is 0 Å². The summed E-state index contributed by atoms with van der Waals surface area (Å²) in [6.07, 6.45) is 10.9. The Labute approximate surface area is 130 Å². The van der Waals surface area contributed by atoms with Crippen LogP contribution in [0.2, 0.25) is 0 Å². The van der Waals surface area contributed by atoms with Gasteiger partial charge in [0.25, 0.3) is 0 Å². The summed E-state index contributed by atoms with van der Waals surface area (Å²) in [5.74, 6) is -0.197. The van der Waals surface area contributed by atoms with Gasteiger partial charge in [-0.1, -0.05) is 51.9 Å². The normalized spacial score (nSPS) is 10.8. The summed E-state index contributed by atoms with van der Waals surface area (Å²) in [4.78, 5) is 11.0. The Morgan fingerprint density at radius 1 is 0.714 bits per heavy atom. The van der Waals surface area contributed by atoms with Crippen LogP contribution in [0.4, 0.5) is 0 Å². The molecule has 0 atom stereocenters. The fraction of sp³-hybridized carbons (Fsp3) is 0.941. The molecule has 0 aromatic heterocycles. The molecule has 0 aromatic carbocycles. The van der Waals surface area contributed by atoms with Crippen LogP contribution in [0.1, 0.15) is 71.6 Å². The number of unbranched alkanes of at least 4 members (excludes halogenated alkanes) is 7. The minimum Gasteiger partial charge on any atom is -0.466 e. The van der Waals surface area contributed by atoms with E-state index in [1.165, 1.54) is 44.9 Å². The third-order valence-corrected chi connectivity index (χ3v) is 3.27. The van der Waals surface area contributed by atoms with Crippen LogP contribution in [0.25, 0.3) is 0 Å². The molecule has 0 spiro atoms. The molecule has 0 aliphatic heterocycles. The van der Waals surface area contributed by atoms with Gasteiger partial charge in [0, 0.05) is 6.61 Å². The van der Waals surface area contributed by atoms with Gasteiger partial charge in [-0.2, -0.15) is 0 Å². The van der Waals surface area contributed by atoms with Crippen molar-refractivity contribution in [1.29, 1.82) is 0 Å². The molecule has 0 unspecified atom stereocenters. The first kappa shape index (κ1) is 20.4. The van der Waals surface area contributed by atoms with Crippen LogP contribution in [0, 0.1) is 0 Å². The van der Waals surface area contributed by atoms with Crippen molar-refractivity contribution in [1.82, 2.24) is 0 Å². The average molecular weight is 302 g/mol. The molecule has 4 nitrogen and oxygen atoms in total. The summed E-state index contributed by atoms with van der Waals surface area (Å²) < 4.78 is 15.6. The average Bonchev–Trinajstić information content (AvgIpc) is 2.48. The Kier molecular flexibility index (Phi) is 16.9. The molecule has 0 saturated carbocycles. The molecule has 0 heterocycles. The van der Waals surface area contributed by atoms with Gasteiger partial charge in [0.05, 0.1) is 32.8 Å². The Morgan fingerprint density at radius 3 is 1.90 bits per heavy atom. The highest BCUT2D eigenvalue weighted by Crippen LogP contribution is 2.08. The zero-order chi connectivity index (χ0) is 15.6. The molecular formula is C17H34O4. The molecule has 0 bridgehead atoms. The standard InChI is InChI=1S/C17H34O4/c1-3-5-6-7-8-9-10-11-13-19-15-16-20-14-12-17(18)21-4-2/h3-16H2,1-2H3. The topological polar surface area (TPSA) is 44.8 Å². The van der Waals surface area contributed by atoms with Crippen molar-refractivity contribution in [2.75, 3.05) is 33.0 Å². The van der Waals surface area contributed by atoms with Crippen molar-refractivity contribution in [3.8, 4) is 0 Å². The number of esters is 1. The third kappa shape index (κ3) is 17.3. The van der Waals surface area contributed by atoms with Gasteiger partial charge in [-0.05, 0) is 13.3 Å². The quantitative estimate of drug-likeness (QED) is 0.318. The second kappa shape index (κ2) is 17.4. The Bertz CT molecular complexity index is 219. The monoisotopic (exact) mass is 302 g/mol. The molecule has 0 radical (unpaired) electrons. The van der Waals surface area contributed by atoms with Gasteiger partial charge in [-0.25, -0.2) is 0 Å². The largest absolute Gasteiger partial charge is 0.466 e. The molecule has 126 valence electrons. The van der Waals surface area contributed by atoms with Crippen molar-refractivity contribution in [3.05, 3.63) is 0 Å². The van der Waals surface area contributed by atoms with Crippen molar-refractivity contribution < 1.29 is 19.0 Å². The first-order valence-electron chi connectivity index (χ1n) is 8.62. The predicted octanol–water partition coefficient (Wildman–Crippen LogP) is 4.11. The minimum atomic E-state index is -0.197. The number of hydrogen-bond donors (Lipinski definition) is 0. The first-order valence-corrected chi connectivity index (χ1v) is 8.62. The summed E-state index contributed by atoms with van der Waals surface area (Å²) >= 11 is 0. The van der Waals surface area contributed by atoms with Gasteiger partial charge in [0.2, 0.25) is 0 Å². The van der Waals surface area contributed by atoms with Crippen LogP contribution >= 0.6 is 0 Å². The van der Waals surface area contributed by atoms with Crippen LogP contribution in [0.5, 0.6) is 0 Å². The molecule has 0 fully saturated rings. The maximum Gasteiger partial charge on any atom is 0.308 e. The molecule has 4 heteroatoms. The van der Waals surface area contributed by atoms with E-state index in [0.717, 1.165) is 13.0 Å². The Morgan fingerprint density at radius 2 is 1.29 bits per heavy atom. The van der Waals surface area contributed by atoms with Crippen molar-refractivity contribution in [2.24, 2.45) is 0 Å². The maximum absolute atomic E-state index is 11.0. The van der Waals surface area contributed by atoms with E-state index in [0.29, 0.717) is 32.8 Å². The fourth-order valence-corrected chi connectivity index (χ4v) is 2.05. The van der Waals surface area contributed by atoms with E-state index in [9.17, 15) is 4.79 Å². The lowest BCUT2D eigenvalue weighted by molar-refractivity contribution is -0.144. The summed E-state index contributed by atoms with van der Waals surface area (Å²) in [6, 6.07) is 0. The summed E-state index contributed by atoms with van der Waals surface area (Å²) in [5.41, 5.74) is 0. The summed E-state index contributed by atoms with van der Waals surface area (Å²) in [7, 11) is 0. The molecular weight excluding hydrogens is 268 g/mol. The molecule has 0 saturated heterocycles. The summed E-state index contributed by atoms with van der Waals surface area (Å²) in [6.45, 7) is 6.88. The van der Waals surface area contributed by atoms with Gasteiger partial charge in [-0.15, -0.1) is 0 Å². The van der Waals surface area contributed by atoms with Gasteiger partial charge >= 0.3 is 5.97 Å². The van der Waals surface area contributed by atoms with E-state index in [1.807, 2.05) is 0 Å². The zero-order valence-electron chi connectivity index (χ0n) is 14.0. The lowest BCUT2D eigenvalue weighted by atomic mass is 10.1. The van der Waals surface area contributed by atoms with E-state index in [2.05, 4.69) is 6.92 Å². The van der Waals surface area contributed by atoms with E-state index < -0.39 is 0 Å². The lowest BCUT2D eigenvalue weighted by Gasteiger charge is -2.06. The Balaban J connectivity index is 3.01. The van der Waals surface area contributed by atoms with Crippen molar-refractivity contribution >= 4 is 5.97 Å². The highest BCUT2D eigenvalue weighted by atomic mass is 16.5. The van der Waals surface area contributed by atoms with Crippen LogP contribution in [-0.2, 0) is 19.0 Å². The van der Waals surface area contributed by atoms with E-state index in [1.54, 1.807) is 6.92 Å². The Hall–Kier alpha value is -0.610. The number of carbonyl (C=O) groups excluding carboxylic acids is 1. The lowest BCUT2D eigenvalue weighted by Crippen LogP contribution is -2.11. The predicted molar refractivity (Wildman–Crippen MR) is 85.5 cm³/mol. The van der Waals surface area contributed by atoms with Crippen LogP contribution in [0.15, 0.2) is 0 Å². The SMILES string of the molecule is CCCCCCCCCCOCCOCCC(=O)OCC. The molecule has 0 aliphatic rings. The number of rotatable bonds is 16. The number of carbonyl (C=O) groups is 1. The second-order valence-corrected chi connectivity index (χ2v) is 5.25. The third-order valence-electron chi connectivity index (χ3n) is 3.27. The molecule has 21 heavy (non-hydrogen) atoms. The van der Waals surface area contributed by atoms with E-state index in [-0.39, 0.29) is 5.97 Å². The molecule has 0 N–H and O–H groups in total. The van der Waals surface area contributed by atoms with E-state index >= 15 is 0 Å². The molecule has 0 aromatic rings. The van der Waals surface area contributed by atoms with Gasteiger partial charge in [-0.3, -0.25) is 4.79 Å². The van der Waals surface area contributed by atoms with Gasteiger partial charge in [0.15, 0.2) is 0 Å². The molecule has 0 amide bonds. The zero-order valence-corrected chi connectivity index (χ0v) is 14.0. The minimum absolute atomic E-state index is 0.197. The first-order chi connectivity index (χ1) is 10.3. The second-order valence-electron chi connectivity index (χ2n) is 5.25. The van der Waals surface area contributed by atoms with Gasteiger partial charge < -0.3 is 14.2 Å². The fourth-order valence-electron chi connectivity index (χ4n) is 2.05. The maximum atomic E-state index is 11.0. The van der Waals surface area contributed by atoms with E-state index in [4.69, 9.17) is 14.2 Å². The van der Waals surface area contributed by atoms with Crippen LogP contribution < -0.4 is 0 Å². The number of hydrogen-bond acceptors (Lipinski definition) is 4. The molecule has 0 aliphatic carbocycles. The highest BCUT2D eigenvalue weighted by molar-refractivity contribution is 5.69. The van der Waals surface area contributed by atoms with Crippen molar-refractivity contribution in [2.45, 2.75) is 71.6 Å². The van der Waals surface area contributed by atoms with Gasteiger partial charge in [0.1, 0.15) is 0 Å². The number of ether oxygens (including phenoxy) is 3. The van der Waals surface area contributed by atoms with Crippen LogP contribution in [-0.4, -0.2) is 39.0 Å². The van der Waals surface area contributed by atoms with Crippen molar-refractivity contribution in [3.63, 3.8) is 0 Å². The summed E-state index contributed by atoms with van der Waals surface area (Å²) in [5, 5.41) is 0. The smallest absolute Gasteiger partial charge is 0.308 e.